The van der Waals surface area contributed by atoms with Crippen molar-refractivity contribution < 1.29 is 9.53 Å². The fourth-order valence-electron chi connectivity index (χ4n) is 2.37. The number of rotatable bonds is 7. The Hall–Kier alpha value is -2.60. The zero-order valence-corrected chi connectivity index (χ0v) is 14.3. The molecule has 0 aliphatic rings. The van der Waals surface area contributed by atoms with Crippen LogP contribution in [0.1, 0.15) is 17.3 Å². The van der Waals surface area contributed by atoms with Crippen LogP contribution in [0.4, 0.5) is 0 Å². The van der Waals surface area contributed by atoms with Crippen molar-refractivity contribution in [2.24, 2.45) is 0 Å². The second-order valence-electron chi connectivity index (χ2n) is 5.16. The summed E-state index contributed by atoms with van der Waals surface area (Å²) < 4.78 is 7.33. The maximum Gasteiger partial charge on any atom is 0.255 e. The highest BCUT2D eigenvalue weighted by Gasteiger charge is 2.11. The van der Waals surface area contributed by atoms with E-state index in [1.54, 1.807) is 23.5 Å². The van der Waals surface area contributed by atoms with Gasteiger partial charge < -0.3 is 10.1 Å². The van der Waals surface area contributed by atoms with Gasteiger partial charge in [-0.3, -0.25) is 9.48 Å². The van der Waals surface area contributed by atoms with Gasteiger partial charge in [-0.1, -0.05) is 12.1 Å². The molecule has 0 bridgehead atoms. The molecule has 0 radical (unpaired) electrons. The number of amides is 1. The molecule has 0 spiro atoms. The molecule has 0 fully saturated rings. The van der Waals surface area contributed by atoms with Crippen LogP contribution in [-0.4, -0.2) is 28.8 Å². The van der Waals surface area contributed by atoms with E-state index in [0.717, 1.165) is 11.3 Å². The number of thiophene rings is 1. The fraction of sp³-hybridized carbons (Fsp3) is 0.222. The number of ether oxygens (including phenoxy) is 1. The number of hydrogen-bond donors (Lipinski definition) is 1. The first kappa shape index (κ1) is 16.3. The molecule has 0 saturated carbocycles. The molecule has 1 N–H and O–H groups in total. The van der Waals surface area contributed by atoms with Gasteiger partial charge in [-0.2, -0.15) is 16.4 Å². The Morgan fingerprint density at radius 3 is 2.96 bits per heavy atom. The van der Waals surface area contributed by atoms with Crippen LogP contribution < -0.4 is 10.1 Å². The van der Waals surface area contributed by atoms with E-state index in [-0.39, 0.29) is 5.91 Å². The molecule has 5 nitrogen and oxygen atoms in total. The molecule has 3 aromatic rings. The van der Waals surface area contributed by atoms with Crippen molar-refractivity contribution in [1.29, 1.82) is 0 Å². The summed E-state index contributed by atoms with van der Waals surface area (Å²) in [6.07, 6.45) is 1.92. The molecular formula is C18H19N3O2S. The Morgan fingerprint density at radius 1 is 1.29 bits per heavy atom. The molecule has 0 aliphatic heterocycles. The number of hydrogen-bond acceptors (Lipinski definition) is 4. The standard InChI is InChI=1S/C18H19N3O2S/c1-2-23-17-6-4-3-5-15(17)18(22)19-9-11-21-10-7-16(20-21)14-8-12-24-13-14/h3-8,10,12-13H,2,9,11H2,1H3,(H,19,22). The third-order valence-electron chi connectivity index (χ3n) is 3.52. The highest BCUT2D eigenvalue weighted by atomic mass is 32.1. The quantitative estimate of drug-likeness (QED) is 0.716. The monoisotopic (exact) mass is 341 g/mol. The second-order valence-corrected chi connectivity index (χ2v) is 5.94. The van der Waals surface area contributed by atoms with Crippen LogP contribution in [-0.2, 0) is 6.54 Å². The van der Waals surface area contributed by atoms with Crippen molar-refractivity contribution in [2.75, 3.05) is 13.2 Å². The summed E-state index contributed by atoms with van der Waals surface area (Å²) in [7, 11) is 0. The normalized spacial score (nSPS) is 10.5. The molecule has 0 atom stereocenters. The van der Waals surface area contributed by atoms with E-state index in [1.807, 2.05) is 47.4 Å². The number of aromatic nitrogens is 2. The van der Waals surface area contributed by atoms with Gasteiger partial charge in [0, 0.05) is 23.7 Å². The summed E-state index contributed by atoms with van der Waals surface area (Å²) >= 11 is 1.65. The lowest BCUT2D eigenvalue weighted by atomic mass is 10.2. The first-order chi connectivity index (χ1) is 11.8. The maximum atomic E-state index is 12.3. The first-order valence-electron chi connectivity index (χ1n) is 7.84. The van der Waals surface area contributed by atoms with Gasteiger partial charge in [0.1, 0.15) is 5.75 Å². The van der Waals surface area contributed by atoms with Crippen LogP contribution in [0.5, 0.6) is 5.75 Å². The Bertz CT molecular complexity index is 796. The molecule has 0 unspecified atom stereocenters. The molecule has 0 aliphatic carbocycles. The number of nitrogens with one attached hydrogen (secondary N) is 1. The Labute approximate surface area is 144 Å². The lowest BCUT2D eigenvalue weighted by molar-refractivity contribution is 0.0948. The van der Waals surface area contributed by atoms with Gasteiger partial charge in [-0.25, -0.2) is 0 Å². The lowest BCUT2D eigenvalue weighted by Gasteiger charge is -2.10. The molecule has 1 aromatic carbocycles. The van der Waals surface area contributed by atoms with Gasteiger partial charge in [0.15, 0.2) is 0 Å². The maximum absolute atomic E-state index is 12.3. The van der Waals surface area contributed by atoms with E-state index in [0.29, 0.717) is 31.0 Å². The lowest BCUT2D eigenvalue weighted by Crippen LogP contribution is -2.27. The van der Waals surface area contributed by atoms with E-state index in [4.69, 9.17) is 4.74 Å². The summed E-state index contributed by atoms with van der Waals surface area (Å²) in [5.41, 5.74) is 2.62. The van der Waals surface area contributed by atoms with Crippen molar-refractivity contribution in [1.82, 2.24) is 15.1 Å². The van der Waals surface area contributed by atoms with Crippen LogP contribution in [0.15, 0.2) is 53.4 Å². The van der Waals surface area contributed by atoms with Crippen LogP contribution in [0.3, 0.4) is 0 Å². The zero-order chi connectivity index (χ0) is 16.8. The van der Waals surface area contributed by atoms with E-state index in [9.17, 15) is 4.79 Å². The Morgan fingerprint density at radius 2 is 2.17 bits per heavy atom. The highest BCUT2D eigenvalue weighted by molar-refractivity contribution is 7.08. The van der Waals surface area contributed by atoms with Crippen LogP contribution in [0.2, 0.25) is 0 Å². The Balaban J connectivity index is 1.56. The van der Waals surface area contributed by atoms with E-state index < -0.39 is 0 Å². The molecule has 1 amide bonds. The molecule has 2 heterocycles. The molecule has 6 heteroatoms. The third-order valence-corrected chi connectivity index (χ3v) is 4.20. The minimum Gasteiger partial charge on any atom is -0.493 e. The van der Waals surface area contributed by atoms with E-state index in [2.05, 4.69) is 15.8 Å². The Kier molecular flexibility index (Phi) is 5.28. The van der Waals surface area contributed by atoms with Crippen LogP contribution >= 0.6 is 11.3 Å². The molecule has 2 aromatic heterocycles. The van der Waals surface area contributed by atoms with Crippen LogP contribution in [0, 0.1) is 0 Å². The average molecular weight is 341 g/mol. The van der Waals surface area contributed by atoms with Gasteiger partial charge >= 0.3 is 0 Å². The minimum absolute atomic E-state index is 0.135. The molecule has 0 saturated heterocycles. The van der Waals surface area contributed by atoms with Crippen molar-refractivity contribution in [2.45, 2.75) is 13.5 Å². The van der Waals surface area contributed by atoms with E-state index in [1.165, 1.54) is 0 Å². The van der Waals surface area contributed by atoms with Gasteiger partial charge in [0.2, 0.25) is 0 Å². The first-order valence-corrected chi connectivity index (χ1v) is 8.78. The number of carbonyl (C=O) groups is 1. The summed E-state index contributed by atoms with van der Waals surface area (Å²) in [5, 5.41) is 11.5. The van der Waals surface area contributed by atoms with Crippen molar-refractivity contribution in [3.8, 4) is 17.0 Å². The molecule has 3 rings (SSSR count). The highest BCUT2D eigenvalue weighted by Crippen LogP contribution is 2.20. The molecule has 124 valence electrons. The summed E-state index contributed by atoms with van der Waals surface area (Å²) in [6.45, 7) is 3.55. The second kappa shape index (κ2) is 7.79. The minimum atomic E-state index is -0.135. The van der Waals surface area contributed by atoms with Crippen molar-refractivity contribution in [3.05, 3.63) is 58.9 Å². The largest absolute Gasteiger partial charge is 0.493 e. The number of nitrogens with zero attached hydrogens (tertiary/aromatic N) is 2. The van der Waals surface area contributed by atoms with Crippen molar-refractivity contribution in [3.63, 3.8) is 0 Å². The third kappa shape index (κ3) is 3.83. The zero-order valence-electron chi connectivity index (χ0n) is 13.4. The SMILES string of the molecule is CCOc1ccccc1C(=O)NCCn1ccc(-c2ccsc2)n1. The predicted octanol–water partition coefficient (Wildman–Crippen LogP) is 3.44. The van der Waals surface area contributed by atoms with Gasteiger partial charge in [0.25, 0.3) is 5.91 Å². The van der Waals surface area contributed by atoms with Gasteiger partial charge in [-0.15, -0.1) is 0 Å². The molecular weight excluding hydrogens is 322 g/mol. The van der Waals surface area contributed by atoms with Gasteiger partial charge in [-0.05, 0) is 36.6 Å². The van der Waals surface area contributed by atoms with E-state index >= 15 is 0 Å². The average Bonchev–Trinajstić information content (AvgIpc) is 3.27. The number of benzene rings is 1. The summed E-state index contributed by atoms with van der Waals surface area (Å²) in [5.74, 6) is 0.473. The number of para-hydroxylation sites is 1. The number of carbonyl (C=O) groups excluding carboxylic acids is 1. The van der Waals surface area contributed by atoms with Crippen molar-refractivity contribution >= 4 is 17.2 Å². The predicted molar refractivity (Wildman–Crippen MR) is 95.5 cm³/mol. The smallest absolute Gasteiger partial charge is 0.255 e. The molecule has 24 heavy (non-hydrogen) atoms. The van der Waals surface area contributed by atoms with Crippen LogP contribution in [0.25, 0.3) is 11.3 Å². The van der Waals surface area contributed by atoms with Gasteiger partial charge in [0.05, 0.1) is 24.4 Å². The summed E-state index contributed by atoms with van der Waals surface area (Å²) in [6, 6.07) is 11.3. The topological polar surface area (TPSA) is 56.1 Å². The summed E-state index contributed by atoms with van der Waals surface area (Å²) in [4.78, 5) is 12.3. The fourth-order valence-corrected chi connectivity index (χ4v) is 3.01.